The van der Waals surface area contributed by atoms with Crippen molar-refractivity contribution in [2.45, 2.75) is 22.0 Å². The van der Waals surface area contributed by atoms with E-state index in [4.69, 9.17) is 0 Å². The van der Waals surface area contributed by atoms with Crippen molar-refractivity contribution in [3.05, 3.63) is 35.9 Å². The van der Waals surface area contributed by atoms with Gasteiger partial charge in [-0.1, -0.05) is 24.3 Å². The first-order chi connectivity index (χ1) is 10.2. The predicted molar refractivity (Wildman–Crippen MR) is 83.0 cm³/mol. The molecule has 0 bridgehead atoms. The number of hydrogen-bond acceptors (Lipinski definition) is 8. The minimum atomic E-state index is -0.292. The van der Waals surface area contributed by atoms with E-state index in [0.29, 0.717) is 10.8 Å². The van der Waals surface area contributed by atoms with E-state index in [0.717, 1.165) is 20.9 Å². The van der Waals surface area contributed by atoms with Crippen LogP contribution >= 0.6 is 34.6 Å². The number of aromatic nitrogens is 4. The van der Waals surface area contributed by atoms with Crippen LogP contribution in [0.4, 0.5) is 15.2 Å². The average molecular weight is 339 g/mol. The van der Waals surface area contributed by atoms with E-state index in [1.807, 2.05) is 6.92 Å². The number of aryl methyl sites for hydroxylation is 1. The molecule has 0 unspecified atom stereocenters. The van der Waals surface area contributed by atoms with Gasteiger partial charge in [0.25, 0.3) is 0 Å². The molecule has 108 valence electrons. The predicted octanol–water partition coefficient (Wildman–Crippen LogP) is 3.99. The third kappa shape index (κ3) is 3.74. The maximum absolute atomic E-state index is 13.1. The van der Waals surface area contributed by atoms with Gasteiger partial charge in [-0.2, -0.15) is 4.37 Å². The van der Waals surface area contributed by atoms with E-state index in [9.17, 15) is 4.39 Å². The Bertz CT molecular complexity index is 742. The third-order valence-electron chi connectivity index (χ3n) is 2.42. The molecule has 3 rings (SSSR count). The van der Waals surface area contributed by atoms with Crippen LogP contribution in [0.2, 0.25) is 0 Å². The lowest BCUT2D eigenvalue weighted by atomic mass is 10.3. The van der Waals surface area contributed by atoms with Crippen LogP contribution in [0.3, 0.4) is 0 Å². The second kappa shape index (κ2) is 6.46. The van der Waals surface area contributed by atoms with Crippen molar-refractivity contribution in [3.8, 4) is 0 Å². The summed E-state index contributed by atoms with van der Waals surface area (Å²) >= 11 is 4.18. The van der Waals surface area contributed by atoms with Crippen LogP contribution in [0.5, 0.6) is 0 Å². The van der Waals surface area contributed by atoms with Crippen molar-refractivity contribution in [2.75, 3.05) is 5.32 Å². The van der Waals surface area contributed by atoms with Gasteiger partial charge in [-0.15, -0.1) is 10.2 Å². The molecule has 21 heavy (non-hydrogen) atoms. The van der Waals surface area contributed by atoms with Gasteiger partial charge in [0.05, 0.1) is 0 Å². The van der Waals surface area contributed by atoms with Gasteiger partial charge < -0.3 is 5.32 Å². The van der Waals surface area contributed by atoms with E-state index < -0.39 is 0 Å². The Kier molecular flexibility index (Phi) is 4.42. The first kappa shape index (κ1) is 14.4. The molecule has 0 spiro atoms. The molecular weight excluding hydrogens is 329 g/mol. The fourth-order valence-electron chi connectivity index (χ4n) is 1.49. The summed E-state index contributed by atoms with van der Waals surface area (Å²) < 4.78 is 19.0. The Labute approximate surface area is 132 Å². The van der Waals surface area contributed by atoms with Crippen molar-refractivity contribution >= 4 is 45.5 Å². The highest BCUT2D eigenvalue weighted by atomic mass is 32.2. The number of hydrogen-bond donors (Lipinski definition) is 1. The molecule has 0 radical (unpaired) electrons. The Morgan fingerprint density at radius 1 is 1.29 bits per heavy atom. The normalized spacial score (nSPS) is 10.8. The molecule has 0 saturated carbocycles. The fraction of sp³-hybridized carbons (Fsp3) is 0.167. The van der Waals surface area contributed by atoms with Crippen molar-refractivity contribution in [1.29, 1.82) is 0 Å². The summed E-state index contributed by atoms with van der Waals surface area (Å²) in [6.45, 7) is 2.02. The smallest absolute Gasteiger partial charge is 0.210 e. The summed E-state index contributed by atoms with van der Waals surface area (Å²) in [5, 5.41) is 11.8. The molecular formula is C12H10FN5S3. The maximum Gasteiger partial charge on any atom is 0.210 e. The summed E-state index contributed by atoms with van der Waals surface area (Å²) in [7, 11) is 0. The fourth-order valence-corrected chi connectivity index (χ4v) is 4.16. The molecule has 9 heteroatoms. The number of nitrogens with zero attached hydrogens (tertiary/aromatic N) is 4. The van der Waals surface area contributed by atoms with Gasteiger partial charge in [0.2, 0.25) is 5.13 Å². The van der Waals surface area contributed by atoms with Gasteiger partial charge in [0.1, 0.15) is 11.6 Å². The Balaban J connectivity index is 1.68. The van der Waals surface area contributed by atoms with Gasteiger partial charge in [-0.05, 0) is 41.5 Å². The molecule has 0 atom stereocenters. The van der Waals surface area contributed by atoms with Crippen molar-refractivity contribution in [3.63, 3.8) is 0 Å². The molecule has 0 aliphatic heterocycles. The second-order valence-corrected chi connectivity index (χ2v) is 7.16. The Morgan fingerprint density at radius 2 is 2.19 bits per heavy atom. The third-order valence-corrected chi connectivity index (χ3v) is 5.10. The zero-order valence-electron chi connectivity index (χ0n) is 10.9. The van der Waals surface area contributed by atoms with Crippen LogP contribution in [0.15, 0.2) is 32.9 Å². The Hall–Kier alpha value is -1.58. The lowest BCUT2D eigenvalue weighted by Crippen LogP contribution is -1.89. The number of benzene rings is 1. The van der Waals surface area contributed by atoms with E-state index in [1.165, 1.54) is 46.8 Å². The lowest BCUT2D eigenvalue weighted by Gasteiger charge is -2.00. The first-order valence-electron chi connectivity index (χ1n) is 6.09. The van der Waals surface area contributed by atoms with Crippen LogP contribution in [0, 0.1) is 5.82 Å². The van der Waals surface area contributed by atoms with Crippen LogP contribution in [0.25, 0.3) is 0 Å². The molecule has 0 amide bonds. The number of nitrogens with one attached hydrogen (secondary N) is 1. The van der Waals surface area contributed by atoms with Gasteiger partial charge in [-0.3, -0.25) is 0 Å². The molecule has 5 nitrogen and oxygen atoms in total. The molecule has 0 saturated heterocycles. The number of anilines is 2. The molecule has 0 fully saturated rings. The molecule has 0 aliphatic rings. The van der Waals surface area contributed by atoms with Crippen LogP contribution in [0.1, 0.15) is 12.7 Å². The molecule has 1 N–H and O–H groups in total. The summed E-state index contributed by atoms with van der Waals surface area (Å²) in [5.41, 5.74) is 0.645. The molecule has 1 aromatic carbocycles. The maximum atomic E-state index is 13.1. The zero-order chi connectivity index (χ0) is 14.7. The minimum absolute atomic E-state index is 0.292. The highest BCUT2D eigenvalue weighted by molar-refractivity contribution is 8.02. The van der Waals surface area contributed by atoms with E-state index in [2.05, 4.69) is 24.9 Å². The molecule has 2 heterocycles. The van der Waals surface area contributed by atoms with Gasteiger partial charge >= 0.3 is 0 Å². The summed E-state index contributed by atoms with van der Waals surface area (Å²) in [6, 6.07) is 6.22. The minimum Gasteiger partial charge on any atom is -0.330 e. The first-order valence-corrected chi connectivity index (χ1v) is 8.50. The second-order valence-electron chi connectivity index (χ2n) is 3.94. The average Bonchev–Trinajstić information content (AvgIpc) is 3.09. The van der Waals surface area contributed by atoms with Crippen molar-refractivity contribution in [2.24, 2.45) is 0 Å². The molecule has 3 aromatic rings. The lowest BCUT2D eigenvalue weighted by molar-refractivity contribution is 0.628. The summed E-state index contributed by atoms with van der Waals surface area (Å²) in [6.07, 6.45) is 0.819. The van der Waals surface area contributed by atoms with E-state index >= 15 is 0 Å². The highest BCUT2D eigenvalue weighted by Gasteiger charge is 2.10. The van der Waals surface area contributed by atoms with E-state index in [-0.39, 0.29) is 5.82 Å². The molecule has 2 aromatic heterocycles. The number of halogens is 1. The molecule has 0 aliphatic carbocycles. The standard InChI is InChI=1S/C12H10FN5S3/c1-2-9-15-11(21-18-9)20-12-17-16-10(19-12)14-8-5-3-4-7(13)6-8/h3-6H,2H2,1H3,(H,14,16). The summed E-state index contributed by atoms with van der Waals surface area (Å²) in [4.78, 5) is 4.37. The highest BCUT2D eigenvalue weighted by Crippen LogP contribution is 2.33. The number of rotatable bonds is 5. The van der Waals surface area contributed by atoms with Crippen LogP contribution in [-0.4, -0.2) is 19.6 Å². The summed E-state index contributed by atoms with van der Waals surface area (Å²) in [5.74, 6) is 0.546. The quantitative estimate of drug-likeness (QED) is 0.758. The zero-order valence-corrected chi connectivity index (χ0v) is 13.4. The monoisotopic (exact) mass is 339 g/mol. The van der Waals surface area contributed by atoms with Gasteiger partial charge in [0, 0.05) is 12.1 Å². The largest absolute Gasteiger partial charge is 0.330 e. The van der Waals surface area contributed by atoms with Crippen LogP contribution < -0.4 is 5.32 Å². The van der Waals surface area contributed by atoms with Gasteiger partial charge in [-0.25, -0.2) is 9.37 Å². The van der Waals surface area contributed by atoms with Crippen molar-refractivity contribution < 1.29 is 4.39 Å². The topological polar surface area (TPSA) is 63.6 Å². The van der Waals surface area contributed by atoms with Gasteiger partial charge in [0.15, 0.2) is 8.68 Å². The van der Waals surface area contributed by atoms with Crippen molar-refractivity contribution in [1.82, 2.24) is 19.6 Å². The van der Waals surface area contributed by atoms with Crippen LogP contribution in [-0.2, 0) is 6.42 Å². The Morgan fingerprint density at radius 3 is 2.95 bits per heavy atom. The van der Waals surface area contributed by atoms with E-state index in [1.54, 1.807) is 12.1 Å². The SMILES string of the molecule is CCc1nsc(Sc2nnc(Nc3cccc(F)c3)s2)n1.